The topological polar surface area (TPSA) is 0 Å². The van der Waals surface area contributed by atoms with Gasteiger partial charge in [0.05, 0.1) is 3.23 Å². The van der Waals surface area contributed by atoms with Crippen molar-refractivity contribution in [3.8, 4) is 0 Å². The van der Waals surface area contributed by atoms with E-state index in [4.69, 9.17) is 23.2 Å². The number of hydrogen-bond donors (Lipinski definition) is 0. The van der Waals surface area contributed by atoms with Crippen molar-refractivity contribution in [2.24, 2.45) is 0 Å². The molecule has 0 N–H and O–H groups in total. The Kier molecular flexibility index (Phi) is 6.12. The minimum Gasteiger partial charge on any atom is -0.127 e. The van der Waals surface area contributed by atoms with E-state index in [1.54, 1.807) is 0 Å². The van der Waals surface area contributed by atoms with Gasteiger partial charge in [0.1, 0.15) is 0 Å². The normalized spacial score (nSPS) is 12.0. The molecule has 0 atom stereocenters. The molecule has 0 spiro atoms. The number of hydrogen-bond acceptors (Lipinski definition) is 0. The predicted molar refractivity (Wildman–Crippen MR) is 51.3 cm³/mol. The summed E-state index contributed by atoms with van der Waals surface area (Å²) < 4.78 is -0.0382. The minimum absolute atomic E-state index is 0.0382. The van der Waals surface area contributed by atoms with Gasteiger partial charge >= 0.3 is 0 Å². The van der Waals surface area contributed by atoms with Crippen LogP contribution in [0.2, 0.25) is 0 Å². The Balaban J connectivity index is 3.43. The molecular weight excluding hydrogens is 291 g/mol. The molecule has 0 amide bonds. The van der Waals surface area contributed by atoms with Crippen molar-refractivity contribution in [1.29, 1.82) is 0 Å². The highest BCUT2D eigenvalue weighted by molar-refractivity contribution is 9.25. The Hall–Kier alpha value is 1.54. The second-order valence-corrected chi connectivity index (χ2v) is 6.59. The monoisotopic (exact) mass is 296 g/mol. The molecule has 0 aliphatic rings. The molecule has 56 valence electrons. The third kappa shape index (κ3) is 5.96. The fourth-order valence-electron chi connectivity index (χ4n) is 0.401. The van der Waals surface area contributed by atoms with Gasteiger partial charge in [0.2, 0.25) is 0 Å². The van der Waals surface area contributed by atoms with Crippen molar-refractivity contribution in [2.75, 3.05) is 11.8 Å². The maximum Gasteiger partial charge on any atom is 0.0828 e. The van der Waals surface area contributed by atoms with Crippen molar-refractivity contribution in [3.05, 3.63) is 0 Å². The van der Waals surface area contributed by atoms with E-state index in [-0.39, 0.29) is 3.23 Å². The van der Waals surface area contributed by atoms with E-state index in [0.29, 0.717) is 11.8 Å². The lowest BCUT2D eigenvalue weighted by Gasteiger charge is -2.16. The summed E-state index contributed by atoms with van der Waals surface area (Å²) in [6, 6.07) is 0. The van der Waals surface area contributed by atoms with E-state index < -0.39 is 0 Å². The molecule has 4 heteroatoms. The summed E-state index contributed by atoms with van der Waals surface area (Å²) in [5.41, 5.74) is 0. The molecular formula is C5H8Br2Cl2. The van der Waals surface area contributed by atoms with Crippen molar-refractivity contribution in [3.63, 3.8) is 0 Å². The van der Waals surface area contributed by atoms with Gasteiger partial charge in [-0.1, -0.05) is 31.9 Å². The zero-order chi connectivity index (χ0) is 7.33. The summed E-state index contributed by atoms with van der Waals surface area (Å²) in [7, 11) is 0. The lowest BCUT2D eigenvalue weighted by Crippen LogP contribution is -2.12. The van der Waals surface area contributed by atoms with E-state index in [2.05, 4.69) is 31.9 Å². The van der Waals surface area contributed by atoms with Crippen LogP contribution < -0.4 is 0 Å². The van der Waals surface area contributed by atoms with Crippen LogP contribution in [0.5, 0.6) is 0 Å². The molecule has 0 unspecified atom stereocenters. The van der Waals surface area contributed by atoms with Crippen molar-refractivity contribution < 1.29 is 0 Å². The summed E-state index contributed by atoms with van der Waals surface area (Å²) >= 11 is 17.9. The van der Waals surface area contributed by atoms with E-state index in [1.165, 1.54) is 0 Å². The Bertz CT molecular complexity index is 67.4. The molecule has 0 rings (SSSR count). The third-order valence-corrected chi connectivity index (χ3v) is 2.88. The van der Waals surface area contributed by atoms with Gasteiger partial charge in [0, 0.05) is 11.8 Å². The average molecular weight is 299 g/mol. The molecule has 0 aliphatic carbocycles. The smallest absolute Gasteiger partial charge is 0.0828 e. The minimum atomic E-state index is -0.0382. The molecule has 0 aliphatic heterocycles. The highest BCUT2D eigenvalue weighted by Crippen LogP contribution is 2.34. The molecule has 0 saturated heterocycles. The Morgan fingerprint density at radius 3 is 1.56 bits per heavy atom. The first-order valence-electron chi connectivity index (χ1n) is 2.62. The largest absolute Gasteiger partial charge is 0.127 e. The van der Waals surface area contributed by atoms with Gasteiger partial charge in [-0.2, -0.15) is 0 Å². The summed E-state index contributed by atoms with van der Waals surface area (Å²) in [6.45, 7) is 0. The second kappa shape index (κ2) is 5.22. The van der Waals surface area contributed by atoms with Crippen LogP contribution in [0.1, 0.15) is 12.8 Å². The van der Waals surface area contributed by atoms with Gasteiger partial charge in [-0.25, -0.2) is 0 Å². The van der Waals surface area contributed by atoms with E-state index in [0.717, 1.165) is 12.8 Å². The quantitative estimate of drug-likeness (QED) is 0.694. The van der Waals surface area contributed by atoms with Crippen molar-refractivity contribution in [1.82, 2.24) is 0 Å². The van der Waals surface area contributed by atoms with Crippen LogP contribution in [0, 0.1) is 0 Å². The average Bonchev–Trinajstić information content (AvgIpc) is 1.64. The second-order valence-electron chi connectivity index (χ2n) is 1.73. The maximum atomic E-state index is 5.52. The van der Waals surface area contributed by atoms with Crippen molar-refractivity contribution in [2.45, 2.75) is 16.1 Å². The summed E-state index contributed by atoms with van der Waals surface area (Å²) in [6.07, 6.45) is 1.78. The van der Waals surface area contributed by atoms with E-state index in [9.17, 15) is 0 Å². The molecule has 0 bridgehead atoms. The van der Waals surface area contributed by atoms with Gasteiger partial charge in [-0.15, -0.1) is 23.2 Å². The van der Waals surface area contributed by atoms with Crippen LogP contribution in [-0.2, 0) is 0 Å². The van der Waals surface area contributed by atoms with Gasteiger partial charge in [-0.3, -0.25) is 0 Å². The molecule has 0 nitrogen and oxygen atoms in total. The van der Waals surface area contributed by atoms with Crippen LogP contribution in [-0.4, -0.2) is 15.0 Å². The van der Waals surface area contributed by atoms with Crippen LogP contribution >= 0.6 is 55.1 Å². The van der Waals surface area contributed by atoms with Crippen LogP contribution in [0.4, 0.5) is 0 Å². The molecule has 9 heavy (non-hydrogen) atoms. The van der Waals surface area contributed by atoms with Gasteiger partial charge in [0.25, 0.3) is 0 Å². The lowest BCUT2D eigenvalue weighted by atomic mass is 10.3. The fourth-order valence-corrected chi connectivity index (χ4v) is 2.75. The number of alkyl halides is 4. The number of halogens is 4. The summed E-state index contributed by atoms with van der Waals surface area (Å²) in [5, 5.41) is 0. The van der Waals surface area contributed by atoms with E-state index in [1.807, 2.05) is 0 Å². The van der Waals surface area contributed by atoms with Crippen LogP contribution in [0.15, 0.2) is 0 Å². The van der Waals surface area contributed by atoms with Crippen LogP contribution in [0.3, 0.4) is 0 Å². The Morgan fingerprint density at radius 1 is 1.00 bits per heavy atom. The molecule has 0 aromatic rings. The summed E-state index contributed by atoms with van der Waals surface area (Å²) in [5.74, 6) is 1.29. The summed E-state index contributed by atoms with van der Waals surface area (Å²) in [4.78, 5) is 0. The molecule has 0 fully saturated rings. The Morgan fingerprint density at radius 2 is 1.33 bits per heavy atom. The fraction of sp³-hybridized carbons (Fsp3) is 1.00. The predicted octanol–water partition coefficient (Wildman–Crippen LogP) is 3.73. The van der Waals surface area contributed by atoms with E-state index >= 15 is 0 Å². The molecule has 0 aromatic heterocycles. The number of rotatable bonds is 4. The zero-order valence-electron chi connectivity index (χ0n) is 4.84. The molecule has 0 radical (unpaired) electrons. The first kappa shape index (κ1) is 10.5. The molecule has 0 aromatic carbocycles. The maximum absolute atomic E-state index is 5.52. The first-order chi connectivity index (χ1) is 4.12. The lowest BCUT2D eigenvalue weighted by molar-refractivity contribution is 0.775. The SMILES string of the molecule is ClCCC(Br)(Br)CCCl. The van der Waals surface area contributed by atoms with Gasteiger partial charge in [0.15, 0.2) is 0 Å². The highest BCUT2D eigenvalue weighted by atomic mass is 79.9. The zero-order valence-corrected chi connectivity index (χ0v) is 9.52. The van der Waals surface area contributed by atoms with Crippen LogP contribution in [0.25, 0.3) is 0 Å². The Labute approximate surface area is 82.5 Å². The highest BCUT2D eigenvalue weighted by Gasteiger charge is 2.20. The van der Waals surface area contributed by atoms with Gasteiger partial charge < -0.3 is 0 Å². The first-order valence-corrected chi connectivity index (χ1v) is 5.27. The van der Waals surface area contributed by atoms with Gasteiger partial charge in [-0.05, 0) is 12.8 Å². The standard InChI is InChI=1S/C5H8Br2Cl2/c6-5(7,1-3-8)2-4-9/h1-4H2. The third-order valence-electron chi connectivity index (χ3n) is 0.921. The molecule has 0 heterocycles. The van der Waals surface area contributed by atoms with Crippen molar-refractivity contribution >= 4 is 55.1 Å². The molecule has 0 saturated carbocycles.